The number of carbonyl (C=O) groups excluding carboxylic acids is 1. The van der Waals surface area contributed by atoms with Crippen LogP contribution in [-0.4, -0.2) is 35.5 Å². The van der Waals surface area contributed by atoms with E-state index in [1.165, 1.54) is 11.0 Å². The summed E-state index contributed by atoms with van der Waals surface area (Å²) in [5.74, 6) is -1.26. The van der Waals surface area contributed by atoms with Crippen molar-refractivity contribution in [1.82, 2.24) is 4.90 Å². The van der Waals surface area contributed by atoms with Gasteiger partial charge in [-0.2, -0.15) is 0 Å². The molecule has 0 saturated heterocycles. The highest BCUT2D eigenvalue weighted by molar-refractivity contribution is 5.96. The van der Waals surface area contributed by atoms with Crippen LogP contribution in [0.15, 0.2) is 18.2 Å². The van der Waals surface area contributed by atoms with Gasteiger partial charge in [-0.1, -0.05) is 0 Å². The van der Waals surface area contributed by atoms with Crippen molar-refractivity contribution in [2.24, 2.45) is 5.73 Å². The minimum Gasteiger partial charge on any atom is -0.507 e. The molecule has 0 heterocycles. The van der Waals surface area contributed by atoms with Crippen LogP contribution in [0.2, 0.25) is 0 Å². The molecule has 0 aliphatic carbocycles. The Hall–Kier alpha value is -1.62. The Bertz CT molecular complexity index is 409. The number of amides is 1. The molecule has 0 aliphatic rings. The van der Waals surface area contributed by atoms with E-state index in [4.69, 9.17) is 5.73 Å². The van der Waals surface area contributed by atoms with Crippen LogP contribution in [0.25, 0.3) is 0 Å². The largest absolute Gasteiger partial charge is 0.507 e. The van der Waals surface area contributed by atoms with E-state index >= 15 is 0 Å². The van der Waals surface area contributed by atoms with Crippen molar-refractivity contribution in [3.8, 4) is 5.75 Å². The van der Waals surface area contributed by atoms with Crippen molar-refractivity contribution >= 4 is 5.91 Å². The van der Waals surface area contributed by atoms with Crippen LogP contribution >= 0.6 is 0 Å². The number of benzene rings is 1. The van der Waals surface area contributed by atoms with Crippen molar-refractivity contribution < 1.29 is 14.3 Å². The Morgan fingerprint density at radius 1 is 1.59 bits per heavy atom. The third kappa shape index (κ3) is 3.17. The predicted molar refractivity (Wildman–Crippen MR) is 63.3 cm³/mol. The molecule has 0 radical (unpaired) electrons. The van der Waals surface area contributed by atoms with E-state index in [9.17, 15) is 14.3 Å². The second-order valence-corrected chi connectivity index (χ2v) is 4.00. The Kier molecular flexibility index (Phi) is 4.45. The fraction of sp³-hybridized carbons (Fsp3) is 0.417. The van der Waals surface area contributed by atoms with Gasteiger partial charge >= 0.3 is 0 Å². The van der Waals surface area contributed by atoms with Gasteiger partial charge in [-0.3, -0.25) is 4.79 Å². The summed E-state index contributed by atoms with van der Waals surface area (Å²) >= 11 is 0. The van der Waals surface area contributed by atoms with E-state index < -0.39 is 5.82 Å². The Balaban J connectivity index is 2.88. The van der Waals surface area contributed by atoms with Gasteiger partial charge in [-0.15, -0.1) is 0 Å². The molecular formula is C12H17FN2O2. The summed E-state index contributed by atoms with van der Waals surface area (Å²) in [5, 5.41) is 9.51. The van der Waals surface area contributed by atoms with Gasteiger partial charge in [0.05, 0.1) is 5.56 Å². The molecule has 0 aromatic heterocycles. The summed E-state index contributed by atoms with van der Waals surface area (Å²) in [6.45, 7) is 2.35. The molecule has 4 nitrogen and oxygen atoms in total. The minimum absolute atomic E-state index is 0.0306. The van der Waals surface area contributed by atoms with Crippen molar-refractivity contribution in [3.63, 3.8) is 0 Å². The van der Waals surface area contributed by atoms with Gasteiger partial charge in [0.2, 0.25) is 0 Å². The molecule has 5 heteroatoms. The van der Waals surface area contributed by atoms with Crippen molar-refractivity contribution in [2.75, 3.05) is 13.6 Å². The maximum absolute atomic E-state index is 12.8. The van der Waals surface area contributed by atoms with Crippen LogP contribution in [0.1, 0.15) is 23.7 Å². The molecule has 3 N–H and O–H groups in total. The molecule has 1 amide bonds. The van der Waals surface area contributed by atoms with Crippen molar-refractivity contribution in [1.29, 1.82) is 0 Å². The third-order valence-electron chi connectivity index (χ3n) is 2.76. The van der Waals surface area contributed by atoms with E-state index in [1.807, 2.05) is 6.92 Å². The summed E-state index contributed by atoms with van der Waals surface area (Å²) in [4.78, 5) is 13.5. The molecule has 0 bridgehead atoms. The van der Waals surface area contributed by atoms with Crippen LogP contribution < -0.4 is 5.73 Å². The minimum atomic E-state index is -0.572. The van der Waals surface area contributed by atoms with Crippen LogP contribution in [0.4, 0.5) is 4.39 Å². The topological polar surface area (TPSA) is 66.6 Å². The van der Waals surface area contributed by atoms with E-state index in [0.717, 1.165) is 12.1 Å². The molecule has 1 atom stereocenters. The Labute approximate surface area is 99.8 Å². The number of phenolic OH excluding ortho intramolecular Hbond substituents is 1. The van der Waals surface area contributed by atoms with Crippen LogP contribution in [-0.2, 0) is 0 Å². The Morgan fingerprint density at radius 3 is 2.76 bits per heavy atom. The number of rotatable bonds is 4. The van der Waals surface area contributed by atoms with E-state index in [2.05, 4.69) is 0 Å². The fourth-order valence-corrected chi connectivity index (χ4v) is 1.51. The molecule has 0 spiro atoms. The molecule has 0 aliphatic heterocycles. The molecule has 1 aromatic carbocycles. The monoisotopic (exact) mass is 240 g/mol. The maximum atomic E-state index is 12.8. The lowest BCUT2D eigenvalue weighted by Crippen LogP contribution is -2.36. The average Bonchev–Trinajstić information content (AvgIpc) is 2.27. The number of hydrogen-bond donors (Lipinski definition) is 2. The smallest absolute Gasteiger partial charge is 0.257 e. The summed E-state index contributed by atoms with van der Waals surface area (Å²) in [5.41, 5.74) is 5.51. The van der Waals surface area contributed by atoms with Gasteiger partial charge in [0.1, 0.15) is 11.6 Å². The third-order valence-corrected chi connectivity index (χ3v) is 2.76. The number of aromatic hydroxyl groups is 1. The number of halogens is 1. The molecule has 0 saturated carbocycles. The van der Waals surface area contributed by atoms with Gasteiger partial charge in [-0.05, 0) is 32.0 Å². The van der Waals surface area contributed by atoms with Gasteiger partial charge in [-0.25, -0.2) is 4.39 Å². The second-order valence-electron chi connectivity index (χ2n) is 4.00. The lowest BCUT2D eigenvalue weighted by molar-refractivity contribution is 0.0736. The molecule has 94 valence electrons. The quantitative estimate of drug-likeness (QED) is 0.834. The first kappa shape index (κ1) is 13.4. The number of nitrogens with zero attached hydrogens (tertiary/aromatic N) is 1. The predicted octanol–water partition coefficient (Wildman–Crippen LogP) is 1.34. The SMILES string of the molecule is CC(CCN)N(C)C(=O)c1ccc(F)cc1O. The first-order valence-corrected chi connectivity index (χ1v) is 5.43. The molecule has 1 unspecified atom stereocenters. The number of hydrogen-bond acceptors (Lipinski definition) is 3. The lowest BCUT2D eigenvalue weighted by Gasteiger charge is -2.24. The van der Waals surface area contributed by atoms with E-state index in [1.54, 1.807) is 7.05 Å². The van der Waals surface area contributed by atoms with Gasteiger partial charge in [0, 0.05) is 19.2 Å². The van der Waals surface area contributed by atoms with E-state index in [-0.39, 0.29) is 23.3 Å². The van der Waals surface area contributed by atoms with Crippen molar-refractivity contribution in [3.05, 3.63) is 29.6 Å². The summed E-state index contributed by atoms with van der Waals surface area (Å²) in [6, 6.07) is 3.32. The lowest BCUT2D eigenvalue weighted by atomic mass is 10.1. The van der Waals surface area contributed by atoms with Gasteiger partial charge in [0.25, 0.3) is 5.91 Å². The second kappa shape index (κ2) is 5.63. The highest BCUT2D eigenvalue weighted by Gasteiger charge is 2.19. The highest BCUT2D eigenvalue weighted by Crippen LogP contribution is 2.20. The molecule has 1 aromatic rings. The van der Waals surface area contributed by atoms with Crippen LogP contribution in [0.3, 0.4) is 0 Å². The van der Waals surface area contributed by atoms with Crippen molar-refractivity contribution in [2.45, 2.75) is 19.4 Å². The normalized spacial score (nSPS) is 12.2. The first-order valence-electron chi connectivity index (χ1n) is 5.43. The maximum Gasteiger partial charge on any atom is 0.257 e. The zero-order valence-corrected chi connectivity index (χ0v) is 9.98. The average molecular weight is 240 g/mol. The highest BCUT2D eigenvalue weighted by atomic mass is 19.1. The Morgan fingerprint density at radius 2 is 2.24 bits per heavy atom. The van der Waals surface area contributed by atoms with Crippen LogP contribution in [0.5, 0.6) is 5.75 Å². The van der Waals surface area contributed by atoms with Gasteiger partial charge in [0.15, 0.2) is 0 Å². The zero-order valence-electron chi connectivity index (χ0n) is 9.98. The molecular weight excluding hydrogens is 223 g/mol. The number of nitrogens with two attached hydrogens (primary N) is 1. The van der Waals surface area contributed by atoms with Crippen LogP contribution in [0, 0.1) is 5.82 Å². The molecule has 0 fully saturated rings. The zero-order chi connectivity index (χ0) is 13.0. The summed E-state index contributed by atoms with van der Waals surface area (Å²) in [6.07, 6.45) is 0.671. The summed E-state index contributed by atoms with van der Waals surface area (Å²) in [7, 11) is 1.63. The summed E-state index contributed by atoms with van der Waals surface area (Å²) < 4.78 is 12.8. The number of phenols is 1. The fourth-order valence-electron chi connectivity index (χ4n) is 1.51. The molecule has 17 heavy (non-hydrogen) atoms. The number of carbonyl (C=O) groups is 1. The van der Waals surface area contributed by atoms with E-state index in [0.29, 0.717) is 13.0 Å². The standard InChI is InChI=1S/C12H17FN2O2/c1-8(5-6-14)15(2)12(17)10-4-3-9(13)7-11(10)16/h3-4,7-8,16H,5-6,14H2,1-2H3. The van der Waals surface area contributed by atoms with Gasteiger partial charge < -0.3 is 15.7 Å². The first-order chi connectivity index (χ1) is 7.97. The molecule has 1 rings (SSSR count).